The zero-order chi connectivity index (χ0) is 12.1. The maximum absolute atomic E-state index is 5.62. The molecule has 0 aromatic carbocycles. The predicted molar refractivity (Wildman–Crippen MR) is 73.2 cm³/mol. The first-order valence-electron chi connectivity index (χ1n) is 7.45. The Morgan fingerprint density at radius 1 is 1.00 bits per heavy atom. The predicted octanol–water partition coefficient (Wildman–Crippen LogP) is 1.67. The molecule has 0 atom stereocenters. The zero-order valence-electron chi connectivity index (χ0n) is 11.4. The third kappa shape index (κ3) is 3.67. The van der Waals surface area contributed by atoms with Gasteiger partial charge in [-0.25, -0.2) is 0 Å². The lowest BCUT2D eigenvalue weighted by Crippen LogP contribution is -2.48. The molecule has 2 rings (SSSR count). The van der Waals surface area contributed by atoms with E-state index in [1.165, 1.54) is 58.0 Å². The van der Waals surface area contributed by atoms with Crippen LogP contribution in [0.4, 0.5) is 0 Å². The van der Waals surface area contributed by atoms with E-state index in [9.17, 15) is 0 Å². The van der Waals surface area contributed by atoms with Crippen LogP contribution >= 0.6 is 0 Å². The Morgan fingerprint density at radius 2 is 1.59 bits per heavy atom. The summed E-state index contributed by atoms with van der Waals surface area (Å²) < 4.78 is 0. The number of nitrogens with two attached hydrogens (primary N) is 1. The second kappa shape index (κ2) is 6.72. The van der Waals surface area contributed by atoms with Crippen molar-refractivity contribution in [2.45, 2.75) is 57.0 Å². The van der Waals surface area contributed by atoms with Crippen molar-refractivity contribution < 1.29 is 0 Å². The highest BCUT2D eigenvalue weighted by Gasteiger charge is 2.27. The lowest BCUT2D eigenvalue weighted by atomic mass is 9.92. The van der Waals surface area contributed by atoms with Crippen molar-refractivity contribution in [3.8, 4) is 0 Å². The van der Waals surface area contributed by atoms with Crippen molar-refractivity contribution in [3.05, 3.63) is 0 Å². The third-order valence-corrected chi connectivity index (χ3v) is 4.73. The van der Waals surface area contributed by atoms with E-state index in [2.05, 4.69) is 16.8 Å². The quantitative estimate of drug-likeness (QED) is 0.810. The molecule has 2 aliphatic rings. The number of likely N-dealkylation sites (tertiary alicyclic amines) is 1. The van der Waals surface area contributed by atoms with Crippen molar-refractivity contribution in [2.24, 2.45) is 5.73 Å². The normalized spacial score (nSPS) is 25.6. The van der Waals surface area contributed by atoms with Gasteiger partial charge in [0.15, 0.2) is 0 Å². The average molecular weight is 239 g/mol. The zero-order valence-corrected chi connectivity index (χ0v) is 11.4. The molecule has 2 N–H and O–H groups in total. The molecule has 0 aromatic heterocycles. The Bertz CT molecular complexity index is 206. The van der Waals surface area contributed by atoms with Crippen LogP contribution in [0.3, 0.4) is 0 Å². The van der Waals surface area contributed by atoms with Crippen LogP contribution in [0, 0.1) is 0 Å². The van der Waals surface area contributed by atoms with E-state index in [-0.39, 0.29) is 0 Å². The minimum absolute atomic E-state index is 0.809. The van der Waals surface area contributed by atoms with Crippen LogP contribution in [0.5, 0.6) is 0 Å². The fourth-order valence-corrected chi connectivity index (χ4v) is 3.52. The first-order chi connectivity index (χ1) is 8.31. The molecular formula is C14H29N3. The Balaban J connectivity index is 1.75. The molecule has 1 aliphatic carbocycles. The molecule has 1 heterocycles. The largest absolute Gasteiger partial charge is 0.329 e. The molecular weight excluding hydrogens is 210 g/mol. The summed E-state index contributed by atoms with van der Waals surface area (Å²) in [5, 5.41) is 0. The number of nitrogens with zero attached hydrogens (tertiary/aromatic N) is 2. The summed E-state index contributed by atoms with van der Waals surface area (Å²) >= 11 is 0. The summed E-state index contributed by atoms with van der Waals surface area (Å²) in [6, 6.07) is 1.70. The molecule has 2 fully saturated rings. The molecule has 0 aromatic rings. The topological polar surface area (TPSA) is 32.5 Å². The van der Waals surface area contributed by atoms with E-state index in [0.29, 0.717) is 0 Å². The molecule has 0 radical (unpaired) electrons. The van der Waals surface area contributed by atoms with Crippen LogP contribution in [-0.4, -0.2) is 55.1 Å². The number of rotatable bonds is 4. The van der Waals surface area contributed by atoms with Crippen LogP contribution in [0.25, 0.3) is 0 Å². The molecule has 100 valence electrons. The molecule has 3 heteroatoms. The molecule has 17 heavy (non-hydrogen) atoms. The Hall–Kier alpha value is -0.120. The molecule has 3 nitrogen and oxygen atoms in total. The second-order valence-corrected chi connectivity index (χ2v) is 5.82. The highest BCUT2D eigenvalue weighted by molar-refractivity contribution is 4.83. The highest BCUT2D eigenvalue weighted by atomic mass is 15.2. The van der Waals surface area contributed by atoms with Gasteiger partial charge in [0, 0.05) is 25.2 Å². The number of hydrogen-bond donors (Lipinski definition) is 1. The van der Waals surface area contributed by atoms with E-state index in [1.54, 1.807) is 0 Å². The van der Waals surface area contributed by atoms with E-state index in [4.69, 9.17) is 5.73 Å². The SMILES string of the molecule is CN(C1CCCCC1)C1CCN(CCN)CC1. The Kier molecular flexibility index (Phi) is 5.26. The van der Waals surface area contributed by atoms with Crippen LogP contribution in [0.1, 0.15) is 44.9 Å². The first-order valence-corrected chi connectivity index (χ1v) is 7.45. The van der Waals surface area contributed by atoms with Gasteiger partial charge in [-0.3, -0.25) is 0 Å². The summed E-state index contributed by atoms with van der Waals surface area (Å²) in [7, 11) is 2.36. The van der Waals surface area contributed by atoms with Crippen molar-refractivity contribution in [3.63, 3.8) is 0 Å². The van der Waals surface area contributed by atoms with Crippen molar-refractivity contribution >= 4 is 0 Å². The molecule has 0 amide bonds. The van der Waals surface area contributed by atoms with Crippen LogP contribution in [0.15, 0.2) is 0 Å². The Labute approximate surface area is 106 Å². The van der Waals surface area contributed by atoms with Gasteiger partial charge in [-0.1, -0.05) is 19.3 Å². The van der Waals surface area contributed by atoms with Crippen molar-refractivity contribution in [1.82, 2.24) is 9.80 Å². The van der Waals surface area contributed by atoms with Crippen molar-refractivity contribution in [1.29, 1.82) is 0 Å². The van der Waals surface area contributed by atoms with Crippen LogP contribution in [0.2, 0.25) is 0 Å². The number of hydrogen-bond acceptors (Lipinski definition) is 3. The molecule has 0 unspecified atom stereocenters. The van der Waals surface area contributed by atoms with E-state index >= 15 is 0 Å². The minimum atomic E-state index is 0.809. The summed E-state index contributed by atoms with van der Waals surface area (Å²) in [5.74, 6) is 0. The summed E-state index contributed by atoms with van der Waals surface area (Å²) in [4.78, 5) is 5.21. The lowest BCUT2D eigenvalue weighted by molar-refractivity contribution is 0.0812. The van der Waals surface area contributed by atoms with Gasteiger partial charge in [0.1, 0.15) is 0 Å². The van der Waals surface area contributed by atoms with E-state index in [0.717, 1.165) is 25.2 Å². The Morgan fingerprint density at radius 3 is 2.18 bits per heavy atom. The van der Waals surface area contributed by atoms with Crippen LogP contribution < -0.4 is 5.73 Å². The second-order valence-electron chi connectivity index (χ2n) is 5.82. The maximum atomic E-state index is 5.62. The standard InChI is InChI=1S/C14H29N3/c1-16(13-5-3-2-4-6-13)14-7-10-17(11-8-14)12-9-15/h13-14H,2-12,15H2,1H3. The van der Waals surface area contributed by atoms with Crippen LogP contribution in [-0.2, 0) is 0 Å². The summed E-state index contributed by atoms with van der Waals surface area (Å²) in [6.45, 7) is 4.39. The molecule has 1 aliphatic heterocycles. The first kappa shape index (κ1) is 13.3. The van der Waals surface area contributed by atoms with Gasteiger partial charge in [0.25, 0.3) is 0 Å². The van der Waals surface area contributed by atoms with E-state index in [1.807, 2.05) is 0 Å². The summed E-state index contributed by atoms with van der Waals surface area (Å²) in [6.07, 6.45) is 9.89. The van der Waals surface area contributed by atoms with Gasteiger partial charge in [0.2, 0.25) is 0 Å². The lowest BCUT2D eigenvalue weighted by Gasteiger charge is -2.41. The molecule has 0 spiro atoms. The third-order valence-electron chi connectivity index (χ3n) is 4.73. The van der Waals surface area contributed by atoms with Gasteiger partial charge in [-0.2, -0.15) is 0 Å². The molecule has 0 bridgehead atoms. The monoisotopic (exact) mass is 239 g/mol. The maximum Gasteiger partial charge on any atom is 0.0119 e. The highest BCUT2D eigenvalue weighted by Crippen LogP contribution is 2.26. The van der Waals surface area contributed by atoms with Crippen molar-refractivity contribution in [2.75, 3.05) is 33.2 Å². The van der Waals surface area contributed by atoms with Gasteiger partial charge in [0.05, 0.1) is 0 Å². The fraction of sp³-hybridized carbons (Fsp3) is 1.00. The van der Waals surface area contributed by atoms with Gasteiger partial charge in [-0.15, -0.1) is 0 Å². The minimum Gasteiger partial charge on any atom is -0.329 e. The average Bonchev–Trinajstić information content (AvgIpc) is 2.40. The molecule has 1 saturated carbocycles. The van der Waals surface area contributed by atoms with Gasteiger partial charge < -0.3 is 15.5 Å². The smallest absolute Gasteiger partial charge is 0.0119 e. The number of piperidine rings is 1. The van der Waals surface area contributed by atoms with E-state index < -0.39 is 0 Å². The molecule has 1 saturated heterocycles. The fourth-order valence-electron chi connectivity index (χ4n) is 3.52. The van der Waals surface area contributed by atoms with Gasteiger partial charge in [-0.05, 0) is 45.8 Å². The summed E-state index contributed by atoms with van der Waals surface area (Å²) in [5.41, 5.74) is 5.62. The van der Waals surface area contributed by atoms with Gasteiger partial charge >= 0.3 is 0 Å².